The summed E-state index contributed by atoms with van der Waals surface area (Å²) >= 11 is 0. The number of nitrogens with one attached hydrogen (secondary N) is 1. The lowest BCUT2D eigenvalue weighted by atomic mass is 9.98. The van der Waals surface area contributed by atoms with Crippen LogP contribution in [0, 0.1) is 5.82 Å². The Morgan fingerprint density at radius 3 is 2.62 bits per heavy atom. The number of hydrazine groups is 1. The van der Waals surface area contributed by atoms with E-state index in [1.165, 1.54) is 18.3 Å². The molecule has 0 spiro atoms. The van der Waals surface area contributed by atoms with Gasteiger partial charge >= 0.3 is 6.18 Å². The van der Waals surface area contributed by atoms with Crippen molar-refractivity contribution >= 4 is 0 Å². The van der Waals surface area contributed by atoms with Gasteiger partial charge in [0.25, 0.3) is 0 Å². The van der Waals surface area contributed by atoms with Crippen LogP contribution in [0.5, 0.6) is 0 Å². The van der Waals surface area contributed by atoms with Crippen LogP contribution in [-0.4, -0.2) is 4.98 Å². The van der Waals surface area contributed by atoms with E-state index in [0.29, 0.717) is 5.56 Å². The molecule has 1 aromatic carbocycles. The van der Waals surface area contributed by atoms with Gasteiger partial charge in [0.1, 0.15) is 5.82 Å². The van der Waals surface area contributed by atoms with E-state index in [4.69, 9.17) is 5.84 Å². The second-order valence-electron chi connectivity index (χ2n) is 4.52. The summed E-state index contributed by atoms with van der Waals surface area (Å²) in [5.74, 6) is 4.82. The van der Waals surface area contributed by atoms with Gasteiger partial charge in [0, 0.05) is 11.8 Å². The Labute approximate surface area is 118 Å². The molecule has 1 aromatic heterocycles. The van der Waals surface area contributed by atoms with Crippen molar-refractivity contribution in [3.8, 4) is 0 Å². The molecule has 1 heterocycles. The van der Waals surface area contributed by atoms with Crippen LogP contribution in [-0.2, 0) is 12.6 Å². The summed E-state index contributed by atoms with van der Waals surface area (Å²) in [4.78, 5) is 3.62. The van der Waals surface area contributed by atoms with E-state index in [2.05, 4.69) is 10.4 Å². The van der Waals surface area contributed by atoms with Crippen LogP contribution in [0.2, 0.25) is 0 Å². The van der Waals surface area contributed by atoms with Crippen molar-refractivity contribution in [1.29, 1.82) is 0 Å². The van der Waals surface area contributed by atoms with Crippen molar-refractivity contribution in [1.82, 2.24) is 10.4 Å². The highest BCUT2D eigenvalue weighted by molar-refractivity contribution is 5.28. The maximum Gasteiger partial charge on any atom is 0.416 e. The molecule has 0 saturated carbocycles. The summed E-state index contributed by atoms with van der Waals surface area (Å²) in [6.07, 6.45) is -1.86. The number of alkyl halides is 3. The lowest BCUT2D eigenvalue weighted by Crippen LogP contribution is -2.30. The number of nitrogens with zero attached hydrogens (tertiary/aromatic N) is 1. The maximum absolute atomic E-state index is 13.7. The molecule has 3 nitrogen and oxygen atoms in total. The van der Waals surface area contributed by atoms with Crippen LogP contribution >= 0.6 is 0 Å². The molecule has 0 saturated heterocycles. The number of aromatic nitrogens is 1. The van der Waals surface area contributed by atoms with E-state index in [-0.39, 0.29) is 12.0 Å². The number of rotatable bonds is 4. The maximum atomic E-state index is 13.7. The highest BCUT2D eigenvalue weighted by Crippen LogP contribution is 2.30. The second kappa shape index (κ2) is 6.19. The van der Waals surface area contributed by atoms with Gasteiger partial charge in [-0.15, -0.1) is 0 Å². The lowest BCUT2D eigenvalue weighted by Gasteiger charge is -2.17. The summed E-state index contributed by atoms with van der Waals surface area (Å²) in [6.45, 7) is 0. The molecule has 2 aromatic rings. The fourth-order valence-corrected chi connectivity index (χ4v) is 2.04. The van der Waals surface area contributed by atoms with Gasteiger partial charge in [-0.05, 0) is 24.1 Å². The molecular weight excluding hydrogens is 286 g/mol. The number of hydrogen-bond donors (Lipinski definition) is 2. The predicted molar refractivity (Wildman–Crippen MR) is 69.4 cm³/mol. The molecule has 0 fully saturated rings. The first-order valence-electron chi connectivity index (χ1n) is 6.13. The summed E-state index contributed by atoms with van der Waals surface area (Å²) in [7, 11) is 0. The minimum absolute atomic E-state index is 0.126. The van der Waals surface area contributed by atoms with E-state index >= 15 is 0 Å². The first kappa shape index (κ1) is 15.4. The van der Waals surface area contributed by atoms with Crippen LogP contribution in [0.25, 0.3) is 0 Å². The third-order valence-corrected chi connectivity index (χ3v) is 3.07. The normalized spacial score (nSPS) is 13.2. The highest BCUT2D eigenvalue weighted by Gasteiger charge is 2.30. The Morgan fingerprint density at radius 2 is 2.00 bits per heavy atom. The largest absolute Gasteiger partial charge is 0.416 e. The molecule has 0 aliphatic heterocycles. The minimum atomic E-state index is -4.41. The van der Waals surface area contributed by atoms with Gasteiger partial charge in [-0.3, -0.25) is 16.3 Å². The summed E-state index contributed by atoms with van der Waals surface area (Å²) in [5.41, 5.74) is 2.33. The van der Waals surface area contributed by atoms with Crippen molar-refractivity contribution in [3.05, 3.63) is 65.2 Å². The Bertz CT molecular complexity index is 613. The molecule has 112 valence electrons. The number of hydrogen-bond acceptors (Lipinski definition) is 3. The number of nitrogens with two attached hydrogens (primary N) is 1. The van der Waals surface area contributed by atoms with Crippen LogP contribution in [0.3, 0.4) is 0 Å². The van der Waals surface area contributed by atoms with Crippen molar-refractivity contribution in [2.45, 2.75) is 18.6 Å². The zero-order chi connectivity index (χ0) is 15.5. The first-order valence-corrected chi connectivity index (χ1v) is 6.13. The topological polar surface area (TPSA) is 50.9 Å². The van der Waals surface area contributed by atoms with E-state index in [0.717, 1.165) is 18.3 Å². The van der Waals surface area contributed by atoms with Gasteiger partial charge in [-0.25, -0.2) is 4.39 Å². The van der Waals surface area contributed by atoms with Gasteiger partial charge in [0.15, 0.2) is 0 Å². The van der Waals surface area contributed by atoms with E-state index in [9.17, 15) is 17.6 Å². The molecule has 7 heteroatoms. The average Bonchev–Trinajstić information content (AvgIpc) is 2.45. The number of pyridine rings is 1. The molecule has 0 bridgehead atoms. The summed E-state index contributed by atoms with van der Waals surface area (Å²) < 4.78 is 51.7. The fourth-order valence-electron chi connectivity index (χ4n) is 2.04. The van der Waals surface area contributed by atoms with Crippen molar-refractivity contribution in [2.24, 2.45) is 5.84 Å². The Kier molecular flexibility index (Phi) is 4.54. The molecule has 0 radical (unpaired) electrons. The zero-order valence-electron chi connectivity index (χ0n) is 10.9. The molecular formula is C14H13F4N3. The van der Waals surface area contributed by atoms with Crippen molar-refractivity contribution < 1.29 is 17.6 Å². The van der Waals surface area contributed by atoms with Gasteiger partial charge in [-0.2, -0.15) is 13.2 Å². The standard InChI is InChI=1S/C14H13F4N3/c15-12-8-20-5-4-11(12)13(21-19)7-9-2-1-3-10(6-9)14(16,17)18/h1-6,8,13,21H,7,19H2. The van der Waals surface area contributed by atoms with Crippen molar-refractivity contribution in [3.63, 3.8) is 0 Å². The Hall–Kier alpha value is -1.99. The smallest absolute Gasteiger partial charge is 0.271 e. The van der Waals surface area contributed by atoms with Gasteiger partial charge in [0.05, 0.1) is 17.8 Å². The quantitative estimate of drug-likeness (QED) is 0.518. The van der Waals surface area contributed by atoms with Crippen LogP contribution < -0.4 is 11.3 Å². The SMILES string of the molecule is NNC(Cc1cccc(C(F)(F)F)c1)c1ccncc1F. The molecule has 3 N–H and O–H groups in total. The van der Waals surface area contributed by atoms with Gasteiger partial charge < -0.3 is 0 Å². The number of benzene rings is 1. The number of halogens is 4. The predicted octanol–water partition coefficient (Wildman–Crippen LogP) is 2.99. The van der Waals surface area contributed by atoms with Crippen molar-refractivity contribution in [2.75, 3.05) is 0 Å². The molecule has 1 atom stereocenters. The Balaban J connectivity index is 2.26. The third kappa shape index (κ3) is 3.77. The zero-order valence-corrected chi connectivity index (χ0v) is 10.9. The molecule has 0 amide bonds. The highest BCUT2D eigenvalue weighted by atomic mass is 19.4. The minimum Gasteiger partial charge on any atom is -0.271 e. The van der Waals surface area contributed by atoms with Crippen LogP contribution in [0.4, 0.5) is 17.6 Å². The average molecular weight is 299 g/mol. The molecule has 0 aliphatic rings. The van der Waals surface area contributed by atoms with Crippen LogP contribution in [0.15, 0.2) is 42.7 Å². The van der Waals surface area contributed by atoms with E-state index < -0.39 is 23.6 Å². The fraction of sp³-hybridized carbons (Fsp3) is 0.214. The molecule has 1 unspecified atom stereocenters. The summed E-state index contributed by atoms with van der Waals surface area (Å²) in [6, 6.07) is 5.67. The van der Waals surface area contributed by atoms with Gasteiger partial charge in [-0.1, -0.05) is 18.2 Å². The molecule has 2 rings (SSSR count). The molecule has 21 heavy (non-hydrogen) atoms. The Morgan fingerprint density at radius 1 is 1.24 bits per heavy atom. The monoisotopic (exact) mass is 299 g/mol. The van der Waals surface area contributed by atoms with Gasteiger partial charge in [0.2, 0.25) is 0 Å². The van der Waals surface area contributed by atoms with Crippen LogP contribution in [0.1, 0.15) is 22.7 Å². The van der Waals surface area contributed by atoms with E-state index in [1.807, 2.05) is 0 Å². The lowest BCUT2D eigenvalue weighted by molar-refractivity contribution is -0.137. The third-order valence-electron chi connectivity index (χ3n) is 3.07. The molecule has 0 aliphatic carbocycles. The summed E-state index contributed by atoms with van der Waals surface area (Å²) in [5, 5.41) is 0. The first-order chi connectivity index (χ1) is 9.91. The van der Waals surface area contributed by atoms with E-state index in [1.54, 1.807) is 6.07 Å². The second-order valence-corrected chi connectivity index (χ2v) is 4.52.